The Morgan fingerprint density at radius 1 is 1.28 bits per heavy atom. The Hall–Kier alpha value is -1.61. The predicted octanol–water partition coefficient (Wildman–Crippen LogP) is 3.06. The van der Waals surface area contributed by atoms with Gasteiger partial charge in [0.2, 0.25) is 0 Å². The molecule has 1 aromatic carbocycles. The summed E-state index contributed by atoms with van der Waals surface area (Å²) in [4.78, 5) is 0. The lowest BCUT2D eigenvalue weighted by molar-refractivity contribution is 0.733. The van der Waals surface area contributed by atoms with E-state index in [9.17, 15) is 0 Å². The first kappa shape index (κ1) is 12.8. The number of nitrogens with two attached hydrogens (primary N) is 1. The van der Waals surface area contributed by atoms with Crippen LogP contribution in [0.25, 0.3) is 11.1 Å². The Labute approximate surface area is 109 Å². The topological polar surface area (TPSA) is 43.8 Å². The number of hydrogen-bond donors (Lipinski definition) is 1. The highest BCUT2D eigenvalue weighted by atomic mass is 15.2. The van der Waals surface area contributed by atoms with Crippen LogP contribution in [0.2, 0.25) is 0 Å². The number of benzene rings is 1. The van der Waals surface area contributed by atoms with Crippen LogP contribution in [0.5, 0.6) is 0 Å². The van der Waals surface area contributed by atoms with E-state index < -0.39 is 0 Å². The third-order valence-electron chi connectivity index (χ3n) is 3.14. The molecular formula is C15H21N3. The van der Waals surface area contributed by atoms with E-state index in [0.717, 1.165) is 12.8 Å². The average Bonchev–Trinajstić information content (AvgIpc) is 2.71. The van der Waals surface area contributed by atoms with Crippen molar-refractivity contribution in [2.24, 2.45) is 12.8 Å². The van der Waals surface area contributed by atoms with Crippen molar-refractivity contribution in [1.29, 1.82) is 0 Å². The van der Waals surface area contributed by atoms with Gasteiger partial charge in [0, 0.05) is 24.8 Å². The van der Waals surface area contributed by atoms with E-state index >= 15 is 0 Å². The maximum absolute atomic E-state index is 5.87. The number of rotatable bonds is 4. The number of hydrogen-bond acceptors (Lipinski definition) is 2. The van der Waals surface area contributed by atoms with Crippen LogP contribution in [0.4, 0.5) is 0 Å². The van der Waals surface area contributed by atoms with Crippen LogP contribution in [-0.4, -0.2) is 9.78 Å². The van der Waals surface area contributed by atoms with E-state index in [0.29, 0.717) is 0 Å². The highest BCUT2D eigenvalue weighted by molar-refractivity contribution is 5.65. The van der Waals surface area contributed by atoms with E-state index in [1.54, 1.807) is 0 Å². The number of aryl methyl sites for hydroxylation is 2. The summed E-state index contributed by atoms with van der Waals surface area (Å²) in [6.45, 7) is 4.18. The molecule has 0 radical (unpaired) electrons. The smallest absolute Gasteiger partial charge is 0.0702 e. The van der Waals surface area contributed by atoms with Crippen molar-refractivity contribution in [2.45, 2.75) is 32.7 Å². The van der Waals surface area contributed by atoms with Crippen LogP contribution in [0.15, 0.2) is 30.5 Å². The third-order valence-corrected chi connectivity index (χ3v) is 3.14. The maximum Gasteiger partial charge on any atom is 0.0702 e. The summed E-state index contributed by atoms with van der Waals surface area (Å²) in [5.74, 6) is 0. The molecule has 0 aliphatic heterocycles. The van der Waals surface area contributed by atoms with Crippen molar-refractivity contribution < 1.29 is 0 Å². The molecule has 0 saturated carbocycles. The number of aromatic nitrogens is 2. The SMILES string of the molecule is CCCc1nn(C)cc1-c1ccc(C(C)N)cc1. The lowest BCUT2D eigenvalue weighted by atomic mass is 10.0. The normalized spacial score (nSPS) is 12.7. The second-order valence-corrected chi connectivity index (χ2v) is 4.82. The summed E-state index contributed by atoms with van der Waals surface area (Å²) in [7, 11) is 1.97. The van der Waals surface area contributed by atoms with E-state index in [2.05, 4.69) is 42.5 Å². The van der Waals surface area contributed by atoms with Gasteiger partial charge in [0.25, 0.3) is 0 Å². The Balaban J connectivity index is 2.35. The summed E-state index contributed by atoms with van der Waals surface area (Å²) in [6.07, 6.45) is 4.22. The van der Waals surface area contributed by atoms with Gasteiger partial charge in [0.05, 0.1) is 5.69 Å². The summed E-state index contributed by atoms with van der Waals surface area (Å²) in [5, 5.41) is 4.53. The number of nitrogens with zero attached hydrogens (tertiary/aromatic N) is 2. The molecule has 1 unspecified atom stereocenters. The zero-order valence-electron chi connectivity index (χ0n) is 11.4. The Bertz CT molecular complexity index is 509. The first-order chi connectivity index (χ1) is 8.61. The second-order valence-electron chi connectivity index (χ2n) is 4.82. The molecule has 0 amide bonds. The minimum absolute atomic E-state index is 0.0862. The summed E-state index contributed by atoms with van der Waals surface area (Å²) >= 11 is 0. The summed E-state index contributed by atoms with van der Waals surface area (Å²) in [5.41, 5.74) is 10.7. The molecule has 0 saturated heterocycles. The molecule has 1 aromatic heterocycles. The molecule has 2 N–H and O–H groups in total. The van der Waals surface area contributed by atoms with Gasteiger partial charge in [-0.2, -0.15) is 5.10 Å². The quantitative estimate of drug-likeness (QED) is 0.897. The molecule has 0 fully saturated rings. The lowest BCUT2D eigenvalue weighted by Gasteiger charge is -2.07. The first-order valence-electron chi connectivity index (χ1n) is 6.50. The Morgan fingerprint density at radius 3 is 2.50 bits per heavy atom. The van der Waals surface area contributed by atoms with Crippen LogP contribution >= 0.6 is 0 Å². The zero-order valence-corrected chi connectivity index (χ0v) is 11.4. The molecule has 1 atom stereocenters. The molecule has 2 aromatic rings. The highest BCUT2D eigenvalue weighted by Crippen LogP contribution is 2.25. The van der Waals surface area contributed by atoms with E-state index in [4.69, 9.17) is 5.73 Å². The third kappa shape index (κ3) is 2.62. The molecule has 3 nitrogen and oxygen atoms in total. The van der Waals surface area contributed by atoms with Crippen LogP contribution in [0, 0.1) is 0 Å². The van der Waals surface area contributed by atoms with E-state index in [1.165, 1.54) is 22.4 Å². The minimum atomic E-state index is 0.0862. The van der Waals surface area contributed by atoms with Gasteiger partial charge in [0.1, 0.15) is 0 Å². The highest BCUT2D eigenvalue weighted by Gasteiger charge is 2.09. The molecule has 0 spiro atoms. The van der Waals surface area contributed by atoms with Crippen molar-refractivity contribution >= 4 is 0 Å². The fourth-order valence-corrected chi connectivity index (χ4v) is 2.16. The van der Waals surface area contributed by atoms with Crippen molar-refractivity contribution in [3.63, 3.8) is 0 Å². The van der Waals surface area contributed by atoms with Crippen LogP contribution in [-0.2, 0) is 13.5 Å². The van der Waals surface area contributed by atoms with Gasteiger partial charge in [-0.1, -0.05) is 37.6 Å². The van der Waals surface area contributed by atoms with Crippen molar-refractivity contribution in [2.75, 3.05) is 0 Å². The average molecular weight is 243 g/mol. The first-order valence-corrected chi connectivity index (χ1v) is 6.50. The van der Waals surface area contributed by atoms with Gasteiger partial charge >= 0.3 is 0 Å². The Morgan fingerprint density at radius 2 is 1.94 bits per heavy atom. The lowest BCUT2D eigenvalue weighted by Crippen LogP contribution is -2.04. The molecule has 3 heteroatoms. The molecule has 0 aliphatic carbocycles. The van der Waals surface area contributed by atoms with E-state index in [1.807, 2.05) is 18.7 Å². The molecular weight excluding hydrogens is 222 g/mol. The summed E-state index contributed by atoms with van der Waals surface area (Å²) in [6, 6.07) is 8.55. The molecule has 2 rings (SSSR count). The minimum Gasteiger partial charge on any atom is -0.324 e. The maximum atomic E-state index is 5.87. The van der Waals surface area contributed by atoms with Crippen molar-refractivity contribution in [3.8, 4) is 11.1 Å². The van der Waals surface area contributed by atoms with Gasteiger partial charge < -0.3 is 5.73 Å². The molecule has 96 valence electrons. The van der Waals surface area contributed by atoms with E-state index in [-0.39, 0.29) is 6.04 Å². The predicted molar refractivity (Wildman–Crippen MR) is 75.2 cm³/mol. The molecule has 18 heavy (non-hydrogen) atoms. The van der Waals surface area contributed by atoms with Gasteiger partial charge in [-0.3, -0.25) is 4.68 Å². The largest absolute Gasteiger partial charge is 0.324 e. The fraction of sp³-hybridized carbons (Fsp3) is 0.400. The van der Waals surface area contributed by atoms with Gasteiger partial charge in [-0.05, 0) is 24.5 Å². The van der Waals surface area contributed by atoms with Gasteiger partial charge in [0.15, 0.2) is 0 Å². The fourth-order valence-electron chi connectivity index (χ4n) is 2.16. The molecule has 1 heterocycles. The van der Waals surface area contributed by atoms with Gasteiger partial charge in [-0.25, -0.2) is 0 Å². The van der Waals surface area contributed by atoms with Gasteiger partial charge in [-0.15, -0.1) is 0 Å². The zero-order chi connectivity index (χ0) is 13.1. The standard InChI is InChI=1S/C15H21N3/c1-4-5-15-14(10-18(3)17-15)13-8-6-12(7-9-13)11(2)16/h6-11H,4-5,16H2,1-3H3. The summed E-state index contributed by atoms with van der Waals surface area (Å²) < 4.78 is 1.89. The van der Waals surface area contributed by atoms with Crippen LogP contribution in [0.3, 0.4) is 0 Å². The van der Waals surface area contributed by atoms with Crippen LogP contribution < -0.4 is 5.73 Å². The van der Waals surface area contributed by atoms with Crippen molar-refractivity contribution in [1.82, 2.24) is 9.78 Å². The monoisotopic (exact) mass is 243 g/mol. The van der Waals surface area contributed by atoms with Crippen LogP contribution in [0.1, 0.15) is 37.6 Å². The molecule has 0 bridgehead atoms. The second kappa shape index (κ2) is 5.36. The Kier molecular flexibility index (Phi) is 3.82. The molecule has 0 aliphatic rings. The van der Waals surface area contributed by atoms with Crippen molar-refractivity contribution in [3.05, 3.63) is 41.7 Å².